The van der Waals surface area contributed by atoms with Gasteiger partial charge in [-0.1, -0.05) is 47.5 Å². The fourth-order valence-corrected chi connectivity index (χ4v) is 4.22. The van der Waals surface area contributed by atoms with E-state index in [1.165, 1.54) is 4.31 Å². The minimum atomic E-state index is -3.55. The Labute approximate surface area is 197 Å². The third-order valence-electron chi connectivity index (χ3n) is 4.71. The lowest BCUT2D eigenvalue weighted by atomic mass is 10.2. The van der Waals surface area contributed by atoms with Crippen molar-refractivity contribution >= 4 is 50.5 Å². The number of carbonyl (C=O) groups excluding carboxylic acids is 1. The van der Waals surface area contributed by atoms with Gasteiger partial charge < -0.3 is 10.1 Å². The van der Waals surface area contributed by atoms with Crippen LogP contribution in [-0.2, 0) is 21.4 Å². The van der Waals surface area contributed by atoms with Crippen LogP contribution in [-0.4, -0.2) is 27.2 Å². The van der Waals surface area contributed by atoms with E-state index in [1.54, 1.807) is 66.7 Å². The molecule has 32 heavy (non-hydrogen) atoms. The van der Waals surface area contributed by atoms with E-state index in [0.717, 1.165) is 11.8 Å². The molecule has 0 aliphatic carbocycles. The summed E-state index contributed by atoms with van der Waals surface area (Å²) in [6, 6.07) is 18.8. The summed E-state index contributed by atoms with van der Waals surface area (Å²) < 4.78 is 31.5. The van der Waals surface area contributed by atoms with Gasteiger partial charge in [0.15, 0.2) is 6.61 Å². The molecule has 0 atom stereocenters. The third-order valence-corrected chi connectivity index (χ3v) is 6.63. The Morgan fingerprint density at radius 1 is 0.969 bits per heavy atom. The molecule has 3 rings (SSSR count). The van der Waals surface area contributed by atoms with Gasteiger partial charge in [-0.25, -0.2) is 8.42 Å². The highest BCUT2D eigenvalue weighted by molar-refractivity contribution is 7.92. The molecule has 9 heteroatoms. The van der Waals surface area contributed by atoms with Crippen molar-refractivity contribution in [3.63, 3.8) is 0 Å². The Kier molecular flexibility index (Phi) is 7.66. The van der Waals surface area contributed by atoms with Gasteiger partial charge >= 0.3 is 0 Å². The predicted molar refractivity (Wildman–Crippen MR) is 129 cm³/mol. The summed E-state index contributed by atoms with van der Waals surface area (Å²) in [6.07, 6.45) is 1.14. The molecule has 0 unspecified atom stereocenters. The van der Waals surface area contributed by atoms with E-state index in [1.807, 2.05) is 6.92 Å². The topological polar surface area (TPSA) is 75.7 Å². The molecule has 0 radical (unpaired) electrons. The predicted octanol–water partition coefficient (Wildman–Crippen LogP) is 5.29. The summed E-state index contributed by atoms with van der Waals surface area (Å²) in [6.45, 7) is 1.70. The molecule has 168 valence electrons. The van der Waals surface area contributed by atoms with Crippen LogP contribution in [0.2, 0.25) is 10.0 Å². The first-order valence-corrected chi connectivity index (χ1v) is 12.2. The number of anilines is 2. The fraction of sp³-hybridized carbons (Fsp3) is 0.174. The molecule has 1 N–H and O–H groups in total. The van der Waals surface area contributed by atoms with Crippen molar-refractivity contribution in [3.8, 4) is 5.75 Å². The van der Waals surface area contributed by atoms with Crippen LogP contribution in [0.15, 0.2) is 66.7 Å². The van der Waals surface area contributed by atoms with Gasteiger partial charge in [-0.3, -0.25) is 9.10 Å². The normalized spacial score (nSPS) is 11.1. The maximum atomic E-state index is 12.4. The van der Waals surface area contributed by atoms with Crippen molar-refractivity contribution in [2.45, 2.75) is 13.5 Å². The molecule has 3 aromatic rings. The van der Waals surface area contributed by atoms with Crippen LogP contribution in [0.1, 0.15) is 11.1 Å². The van der Waals surface area contributed by atoms with Crippen molar-refractivity contribution < 1.29 is 17.9 Å². The minimum Gasteiger partial charge on any atom is -0.484 e. The smallest absolute Gasteiger partial charge is 0.262 e. The summed E-state index contributed by atoms with van der Waals surface area (Å²) in [7, 11) is -3.55. The Hall–Kier alpha value is -2.74. The molecule has 0 bridgehead atoms. The zero-order valence-corrected chi connectivity index (χ0v) is 19.8. The third kappa shape index (κ3) is 6.16. The zero-order valence-electron chi connectivity index (χ0n) is 17.5. The Morgan fingerprint density at radius 2 is 1.62 bits per heavy atom. The van der Waals surface area contributed by atoms with E-state index in [4.69, 9.17) is 27.9 Å². The quantitative estimate of drug-likeness (QED) is 0.463. The van der Waals surface area contributed by atoms with Gasteiger partial charge in [0.25, 0.3) is 5.91 Å². The lowest BCUT2D eigenvalue weighted by Gasteiger charge is -2.23. The first-order valence-electron chi connectivity index (χ1n) is 9.64. The molecule has 0 aliphatic rings. The zero-order chi connectivity index (χ0) is 23.3. The van der Waals surface area contributed by atoms with Gasteiger partial charge in [0.1, 0.15) is 5.75 Å². The highest BCUT2D eigenvalue weighted by Gasteiger charge is 2.19. The number of nitrogens with zero attached hydrogens (tertiary/aromatic N) is 1. The molecule has 3 aromatic carbocycles. The number of rotatable bonds is 8. The number of nitrogens with one attached hydrogen (secondary N) is 1. The number of benzene rings is 3. The first kappa shape index (κ1) is 23.9. The number of hydrogen-bond acceptors (Lipinski definition) is 4. The highest BCUT2D eigenvalue weighted by Crippen LogP contribution is 2.26. The molecule has 0 spiro atoms. The second kappa shape index (κ2) is 10.3. The molecule has 0 saturated carbocycles. The lowest BCUT2D eigenvalue weighted by Crippen LogP contribution is -2.29. The SMILES string of the molecule is Cc1c(Cl)cccc1NC(=O)COc1ccc(N(Cc2ccccc2Cl)S(C)(=O)=O)cc1. The van der Waals surface area contributed by atoms with E-state index < -0.39 is 10.0 Å². The molecule has 0 heterocycles. The van der Waals surface area contributed by atoms with Gasteiger partial charge in [0, 0.05) is 15.7 Å². The van der Waals surface area contributed by atoms with Crippen molar-refractivity contribution in [2.75, 3.05) is 22.5 Å². The maximum absolute atomic E-state index is 12.4. The Morgan fingerprint density at radius 3 is 2.28 bits per heavy atom. The first-order chi connectivity index (χ1) is 15.1. The average Bonchev–Trinajstić information content (AvgIpc) is 2.74. The molecule has 0 aliphatic heterocycles. The summed E-state index contributed by atoms with van der Waals surface area (Å²) in [4.78, 5) is 12.2. The lowest BCUT2D eigenvalue weighted by molar-refractivity contribution is -0.118. The highest BCUT2D eigenvalue weighted by atomic mass is 35.5. The summed E-state index contributed by atoms with van der Waals surface area (Å²) in [5.74, 6) is 0.0915. The van der Waals surface area contributed by atoms with E-state index in [9.17, 15) is 13.2 Å². The second-order valence-electron chi connectivity index (χ2n) is 7.10. The van der Waals surface area contributed by atoms with Crippen LogP contribution in [0.25, 0.3) is 0 Å². The molecular formula is C23H22Cl2N2O4S. The van der Waals surface area contributed by atoms with Gasteiger partial charge in [-0.05, 0) is 60.5 Å². The monoisotopic (exact) mass is 492 g/mol. The fourth-order valence-electron chi connectivity index (χ4n) is 2.97. The molecular weight excluding hydrogens is 471 g/mol. The maximum Gasteiger partial charge on any atom is 0.262 e. The van der Waals surface area contributed by atoms with Crippen molar-refractivity contribution in [3.05, 3.63) is 87.9 Å². The van der Waals surface area contributed by atoms with Crippen LogP contribution < -0.4 is 14.4 Å². The average molecular weight is 493 g/mol. The molecule has 1 amide bonds. The van der Waals surface area contributed by atoms with E-state index in [2.05, 4.69) is 5.32 Å². The van der Waals surface area contributed by atoms with E-state index >= 15 is 0 Å². The summed E-state index contributed by atoms with van der Waals surface area (Å²) in [5.41, 5.74) is 2.53. The van der Waals surface area contributed by atoms with Crippen molar-refractivity contribution in [2.24, 2.45) is 0 Å². The molecule has 0 fully saturated rings. The summed E-state index contributed by atoms with van der Waals surface area (Å²) >= 11 is 12.3. The molecule has 6 nitrogen and oxygen atoms in total. The second-order valence-corrected chi connectivity index (χ2v) is 9.83. The van der Waals surface area contributed by atoms with Crippen LogP contribution in [0.3, 0.4) is 0 Å². The van der Waals surface area contributed by atoms with Gasteiger partial charge in [0.05, 0.1) is 18.5 Å². The van der Waals surface area contributed by atoms with Crippen LogP contribution in [0, 0.1) is 6.92 Å². The van der Waals surface area contributed by atoms with Crippen molar-refractivity contribution in [1.29, 1.82) is 0 Å². The van der Waals surface area contributed by atoms with Gasteiger partial charge in [0.2, 0.25) is 10.0 Å². The van der Waals surface area contributed by atoms with E-state index in [0.29, 0.717) is 32.7 Å². The summed E-state index contributed by atoms with van der Waals surface area (Å²) in [5, 5.41) is 3.80. The molecule has 0 aromatic heterocycles. The number of ether oxygens (including phenoxy) is 1. The van der Waals surface area contributed by atoms with Gasteiger partial charge in [-0.15, -0.1) is 0 Å². The van der Waals surface area contributed by atoms with Gasteiger partial charge in [-0.2, -0.15) is 0 Å². The Bertz CT molecular complexity index is 1210. The number of sulfonamides is 1. The standard InChI is InChI=1S/C23H22Cl2N2O4S/c1-16-20(24)8-5-9-22(16)26-23(28)15-31-19-12-10-18(11-13-19)27(32(2,29)30)14-17-6-3-4-7-21(17)25/h3-13H,14-15H2,1-2H3,(H,26,28). The minimum absolute atomic E-state index is 0.0973. The van der Waals surface area contributed by atoms with Crippen molar-refractivity contribution in [1.82, 2.24) is 0 Å². The number of halogens is 2. The number of hydrogen-bond donors (Lipinski definition) is 1. The van der Waals surface area contributed by atoms with E-state index in [-0.39, 0.29) is 19.1 Å². The van der Waals surface area contributed by atoms with Crippen LogP contribution in [0.4, 0.5) is 11.4 Å². The molecule has 0 saturated heterocycles. The Balaban J connectivity index is 1.67. The number of carbonyl (C=O) groups is 1. The van der Waals surface area contributed by atoms with Crippen LogP contribution in [0.5, 0.6) is 5.75 Å². The largest absolute Gasteiger partial charge is 0.484 e. The number of amides is 1. The van der Waals surface area contributed by atoms with Crippen LogP contribution >= 0.6 is 23.2 Å².